The average Bonchev–Trinajstić information content (AvgIpc) is 2.53. The molecule has 1 aliphatic heterocycles. The minimum absolute atomic E-state index is 0. The van der Waals surface area contributed by atoms with Crippen LogP contribution in [0.1, 0.15) is 21.2 Å². The molecule has 0 saturated carbocycles. The lowest BCUT2D eigenvalue weighted by atomic mass is 10.3. The zero-order valence-corrected chi connectivity index (χ0v) is 8.66. The summed E-state index contributed by atoms with van der Waals surface area (Å²) >= 11 is 0. The van der Waals surface area contributed by atoms with Crippen molar-refractivity contribution >= 4 is 17.7 Å². The van der Waals surface area contributed by atoms with E-state index >= 15 is 0 Å². The van der Waals surface area contributed by atoms with E-state index in [0.717, 1.165) is 11.3 Å². The normalized spacial score (nSPS) is 14.9. The molecule has 5 heteroatoms. The Hall–Kier alpha value is -1.65. The molecule has 0 atom stereocenters. The Morgan fingerprint density at radius 3 is 2.53 bits per heavy atom. The summed E-state index contributed by atoms with van der Waals surface area (Å²) in [5.74, 6) is -0.823. The van der Waals surface area contributed by atoms with Gasteiger partial charge in [-0.05, 0) is 6.42 Å². The number of nitrogens with one attached hydrogen (secondary N) is 1. The summed E-state index contributed by atoms with van der Waals surface area (Å²) in [5, 5.41) is 2.68. The molecule has 1 rings (SSSR count). The molecule has 0 aliphatic carbocycles. The second-order valence-corrected chi connectivity index (χ2v) is 3.26. The van der Waals surface area contributed by atoms with Crippen LogP contribution in [0.2, 0.25) is 0 Å². The molecule has 1 heterocycles. The summed E-state index contributed by atoms with van der Waals surface area (Å²) in [7, 11) is 0. The number of nitrogens with zero attached hydrogens (tertiary/aromatic N) is 1. The third-order valence-electron chi connectivity index (χ3n) is 2.04. The van der Waals surface area contributed by atoms with Crippen LogP contribution in [0.3, 0.4) is 0 Å². The number of hydrogen-bond donors (Lipinski definition) is 1. The summed E-state index contributed by atoms with van der Waals surface area (Å²) < 4.78 is 0. The predicted molar refractivity (Wildman–Crippen MR) is 55.9 cm³/mol. The van der Waals surface area contributed by atoms with Gasteiger partial charge in [0, 0.05) is 33.1 Å². The fourth-order valence-electron chi connectivity index (χ4n) is 1.22. The van der Waals surface area contributed by atoms with E-state index in [-0.39, 0.29) is 32.1 Å². The van der Waals surface area contributed by atoms with Gasteiger partial charge < -0.3 is 5.32 Å². The number of imide groups is 1. The number of rotatable bonds is 5. The predicted octanol–water partition coefficient (Wildman–Crippen LogP) is 0.0737. The molecule has 3 amide bonds. The van der Waals surface area contributed by atoms with Gasteiger partial charge in [-0.15, -0.1) is 0 Å². The van der Waals surface area contributed by atoms with Crippen molar-refractivity contribution in [2.24, 2.45) is 0 Å². The molecule has 0 spiro atoms. The Bertz CT molecular complexity index is 297. The summed E-state index contributed by atoms with van der Waals surface area (Å²) in [6.45, 7) is 2.73. The number of amides is 3. The lowest BCUT2D eigenvalue weighted by Gasteiger charge is -2.12. The van der Waals surface area contributed by atoms with E-state index in [0.29, 0.717) is 6.54 Å². The molecule has 0 aromatic rings. The third-order valence-corrected chi connectivity index (χ3v) is 2.04. The van der Waals surface area contributed by atoms with Crippen molar-refractivity contribution in [3.8, 4) is 0 Å². The molecule has 1 aliphatic rings. The van der Waals surface area contributed by atoms with Gasteiger partial charge in [-0.1, -0.05) is 6.92 Å². The maximum absolute atomic E-state index is 11.2. The quantitative estimate of drug-likeness (QED) is 0.656. The second kappa shape index (κ2) is 5.29. The SMILES string of the molecule is CCCNC(=O)CCN1C(=O)C=CC1=O.[HH]. The van der Waals surface area contributed by atoms with Crippen molar-refractivity contribution in [3.05, 3.63) is 12.2 Å². The molecule has 0 unspecified atom stereocenters. The minimum Gasteiger partial charge on any atom is -0.356 e. The minimum atomic E-state index is -0.344. The van der Waals surface area contributed by atoms with Gasteiger partial charge in [-0.25, -0.2) is 0 Å². The van der Waals surface area contributed by atoms with Crippen molar-refractivity contribution in [3.63, 3.8) is 0 Å². The molecule has 0 saturated heterocycles. The fourth-order valence-corrected chi connectivity index (χ4v) is 1.22. The largest absolute Gasteiger partial charge is 0.356 e. The van der Waals surface area contributed by atoms with E-state index in [4.69, 9.17) is 0 Å². The highest BCUT2D eigenvalue weighted by atomic mass is 16.2. The summed E-state index contributed by atoms with van der Waals surface area (Å²) in [4.78, 5) is 34.4. The molecular weight excluding hydrogens is 196 g/mol. The van der Waals surface area contributed by atoms with E-state index in [1.54, 1.807) is 0 Å². The van der Waals surface area contributed by atoms with Gasteiger partial charge in [0.25, 0.3) is 11.8 Å². The van der Waals surface area contributed by atoms with E-state index < -0.39 is 0 Å². The fraction of sp³-hybridized carbons (Fsp3) is 0.500. The summed E-state index contributed by atoms with van der Waals surface area (Å²) in [5.41, 5.74) is 0. The molecule has 5 nitrogen and oxygen atoms in total. The number of carbonyl (C=O) groups excluding carboxylic acids is 3. The Labute approximate surface area is 89.6 Å². The van der Waals surface area contributed by atoms with Crippen molar-refractivity contribution in [1.29, 1.82) is 0 Å². The van der Waals surface area contributed by atoms with Crippen LogP contribution in [-0.2, 0) is 14.4 Å². The maximum atomic E-state index is 11.2. The first kappa shape index (κ1) is 11.4. The molecule has 0 fully saturated rings. The average molecular weight is 212 g/mol. The first-order chi connectivity index (χ1) is 7.15. The standard InChI is InChI=1S/C10H14N2O3.H2/c1-2-6-11-8(13)5-7-12-9(14)3-4-10(12)15;/h3-4H,2,5-7H2,1H3,(H,11,13);1H. The Kier molecular flexibility index (Phi) is 4.03. The van der Waals surface area contributed by atoms with Gasteiger partial charge in [0.05, 0.1) is 0 Å². The molecule has 0 aromatic heterocycles. The van der Waals surface area contributed by atoms with Gasteiger partial charge in [-0.3, -0.25) is 19.3 Å². The highest BCUT2D eigenvalue weighted by molar-refractivity contribution is 6.13. The first-order valence-electron chi connectivity index (χ1n) is 4.95. The third kappa shape index (κ3) is 3.19. The summed E-state index contributed by atoms with van der Waals surface area (Å²) in [6, 6.07) is 0. The number of hydrogen-bond acceptors (Lipinski definition) is 3. The van der Waals surface area contributed by atoms with Crippen molar-refractivity contribution < 1.29 is 15.8 Å². The van der Waals surface area contributed by atoms with Crippen molar-refractivity contribution in [2.75, 3.05) is 13.1 Å². The van der Waals surface area contributed by atoms with Crippen LogP contribution in [0.15, 0.2) is 12.2 Å². The Morgan fingerprint density at radius 2 is 2.00 bits per heavy atom. The molecule has 0 aromatic carbocycles. The van der Waals surface area contributed by atoms with E-state index in [9.17, 15) is 14.4 Å². The lowest BCUT2D eigenvalue weighted by Crippen LogP contribution is -2.34. The molecule has 1 N–H and O–H groups in total. The zero-order valence-electron chi connectivity index (χ0n) is 8.66. The van der Waals surface area contributed by atoms with Crippen LogP contribution in [0.5, 0.6) is 0 Å². The van der Waals surface area contributed by atoms with E-state index in [2.05, 4.69) is 5.32 Å². The van der Waals surface area contributed by atoms with Crippen LogP contribution >= 0.6 is 0 Å². The van der Waals surface area contributed by atoms with Crippen LogP contribution in [0.4, 0.5) is 0 Å². The second-order valence-electron chi connectivity index (χ2n) is 3.26. The molecular formula is C10H16N2O3. The van der Waals surface area contributed by atoms with Crippen LogP contribution < -0.4 is 5.32 Å². The van der Waals surface area contributed by atoms with Gasteiger partial charge in [0.15, 0.2) is 0 Å². The van der Waals surface area contributed by atoms with Crippen LogP contribution in [-0.4, -0.2) is 35.7 Å². The highest BCUT2D eigenvalue weighted by Crippen LogP contribution is 2.03. The smallest absolute Gasteiger partial charge is 0.253 e. The Balaban J connectivity index is 0.00000225. The van der Waals surface area contributed by atoms with Gasteiger partial charge in [0.1, 0.15) is 0 Å². The molecule has 84 valence electrons. The summed E-state index contributed by atoms with van der Waals surface area (Å²) in [6.07, 6.45) is 3.46. The molecule has 15 heavy (non-hydrogen) atoms. The highest BCUT2D eigenvalue weighted by Gasteiger charge is 2.23. The number of carbonyl (C=O) groups is 3. The van der Waals surface area contributed by atoms with E-state index in [1.165, 1.54) is 12.2 Å². The monoisotopic (exact) mass is 212 g/mol. The van der Waals surface area contributed by atoms with Gasteiger partial charge in [-0.2, -0.15) is 0 Å². The van der Waals surface area contributed by atoms with Gasteiger partial charge >= 0.3 is 0 Å². The molecule has 0 bridgehead atoms. The molecule has 0 radical (unpaired) electrons. The van der Waals surface area contributed by atoms with Crippen molar-refractivity contribution in [1.82, 2.24) is 10.2 Å². The maximum Gasteiger partial charge on any atom is 0.253 e. The van der Waals surface area contributed by atoms with Crippen LogP contribution in [0.25, 0.3) is 0 Å². The topological polar surface area (TPSA) is 66.5 Å². The van der Waals surface area contributed by atoms with E-state index in [1.807, 2.05) is 6.92 Å². The van der Waals surface area contributed by atoms with Crippen LogP contribution in [0, 0.1) is 0 Å². The van der Waals surface area contributed by atoms with Gasteiger partial charge in [0.2, 0.25) is 5.91 Å². The van der Waals surface area contributed by atoms with Crippen molar-refractivity contribution in [2.45, 2.75) is 19.8 Å². The zero-order chi connectivity index (χ0) is 11.3. The lowest BCUT2D eigenvalue weighted by molar-refractivity contribution is -0.137. The Morgan fingerprint density at radius 1 is 1.40 bits per heavy atom. The first-order valence-corrected chi connectivity index (χ1v) is 4.95.